The third kappa shape index (κ3) is 6.15. The first-order chi connectivity index (χ1) is 37.2. The molecule has 3 aliphatic rings. The molecular weight excluding hydrogens is 1010 g/mol. The number of aromatic nitrogens is 3. The summed E-state index contributed by atoms with van der Waals surface area (Å²) in [6.07, 6.45) is 0. The summed E-state index contributed by atoms with van der Waals surface area (Å²) in [6, 6.07) is 51.0. The average Bonchev–Trinajstić information content (AvgIpc) is 4.13. The molecule has 8 heteroatoms. The van der Waals surface area contributed by atoms with Gasteiger partial charge in [-0.25, -0.2) is 0 Å². The molecule has 0 saturated carbocycles. The van der Waals surface area contributed by atoms with Crippen molar-refractivity contribution in [1.29, 1.82) is 0 Å². The first-order valence-electron chi connectivity index (χ1n) is 27.5. The van der Waals surface area contributed by atoms with E-state index in [4.69, 9.17) is 22.1 Å². The molecule has 0 atom stereocenters. The van der Waals surface area contributed by atoms with Crippen molar-refractivity contribution >= 4 is 46.4 Å². The maximum atomic E-state index is 9.23. The molecule has 5 heterocycles. The first kappa shape index (κ1) is 31.5. The van der Waals surface area contributed by atoms with Gasteiger partial charge in [0, 0.05) is 11.3 Å². The predicted octanol–water partition coefficient (Wildman–Crippen LogP) is 14.6. The Labute approximate surface area is 422 Å². The number of pyridine rings is 1. The van der Waals surface area contributed by atoms with E-state index in [1.165, 1.54) is 0 Å². The summed E-state index contributed by atoms with van der Waals surface area (Å²) in [4.78, 5) is 9.26. The van der Waals surface area contributed by atoms with Crippen LogP contribution in [-0.2, 0) is 24.8 Å². The zero-order valence-corrected chi connectivity index (χ0v) is 39.4. The Hall–Kier alpha value is -7.47. The molecule has 0 spiro atoms. The van der Waals surface area contributed by atoms with Gasteiger partial charge in [0.2, 0.25) is 0 Å². The molecule has 0 unspecified atom stereocenters. The molecule has 0 saturated heterocycles. The molecule has 10 aromatic rings. The molecule has 0 amide bonds. The van der Waals surface area contributed by atoms with Crippen LogP contribution in [0, 0.1) is 17.5 Å². The van der Waals surface area contributed by atoms with E-state index in [1.807, 2.05) is 113 Å². The second-order valence-corrected chi connectivity index (χ2v) is 19.4. The number of aryl methyl sites for hydroxylation is 2. The zero-order chi connectivity index (χ0) is 54.5. The van der Waals surface area contributed by atoms with Crippen molar-refractivity contribution < 1.29 is 37.8 Å². The average molecular weight is 1070 g/mol. The van der Waals surface area contributed by atoms with Crippen LogP contribution in [0.25, 0.3) is 66.9 Å². The van der Waals surface area contributed by atoms with Gasteiger partial charge in [-0.3, -0.25) is 0 Å². The molecule has 0 radical (unpaired) electrons. The SMILES string of the molecule is [2H]c1c([2H])c([2H])c2c(c1[2H])-c1cccc3c1B1N(c4ccccc4N12)c1nc(Oc2cc(-n4[c](=[Pt])n(-c5c(-c6ccccc6)cc(C([2H])([2H])[2H])cc5-c5ccc(C(C)(C)C)cc5)c5ccccc54)ccc2C([2H])([2H])[2H])ccc1-3. The summed E-state index contributed by atoms with van der Waals surface area (Å²) in [7, 11) is 0. The molecule has 0 N–H and O–H groups in total. The van der Waals surface area contributed by atoms with Gasteiger partial charge in [0.05, 0.1) is 5.48 Å². The molecule has 68 heavy (non-hydrogen) atoms. The Bertz CT molecular complexity index is 4250. The van der Waals surface area contributed by atoms with Crippen molar-refractivity contribution in [2.45, 2.75) is 39.9 Å². The summed E-state index contributed by atoms with van der Waals surface area (Å²) >= 11 is 2.30. The third-order valence-corrected chi connectivity index (χ3v) is 14.4. The summed E-state index contributed by atoms with van der Waals surface area (Å²) in [5, 5.41) is 0. The number of hydrogen-bond donors (Lipinski definition) is 0. The van der Waals surface area contributed by atoms with E-state index in [-0.39, 0.29) is 52.3 Å². The van der Waals surface area contributed by atoms with E-state index in [9.17, 15) is 1.37 Å². The Morgan fingerprint density at radius 3 is 2.00 bits per heavy atom. The van der Waals surface area contributed by atoms with Gasteiger partial charge in [0.1, 0.15) is 0 Å². The van der Waals surface area contributed by atoms with E-state index in [0.29, 0.717) is 28.3 Å². The van der Waals surface area contributed by atoms with Crippen molar-refractivity contribution in [1.82, 2.24) is 14.1 Å². The summed E-state index contributed by atoms with van der Waals surface area (Å²) < 4.78 is 99.7. The molecule has 13 rings (SSSR count). The topological polar surface area (TPSA) is 38.5 Å². The van der Waals surface area contributed by atoms with Crippen LogP contribution < -0.4 is 19.8 Å². The van der Waals surface area contributed by atoms with Crippen molar-refractivity contribution in [2.75, 3.05) is 9.62 Å². The fourth-order valence-corrected chi connectivity index (χ4v) is 11.4. The Kier molecular flexibility index (Phi) is 7.08. The van der Waals surface area contributed by atoms with Crippen molar-refractivity contribution in [3.05, 3.63) is 208 Å². The molecule has 330 valence electrons. The molecule has 3 aliphatic heterocycles. The fourth-order valence-electron chi connectivity index (χ4n) is 10.3. The number of benzene rings is 8. The Morgan fingerprint density at radius 2 is 1.26 bits per heavy atom. The number of ether oxygens (including phenoxy) is 1. The van der Waals surface area contributed by atoms with Crippen LogP contribution in [0.1, 0.15) is 51.2 Å². The van der Waals surface area contributed by atoms with E-state index < -0.39 is 20.7 Å². The van der Waals surface area contributed by atoms with Gasteiger partial charge in [-0.2, -0.15) is 0 Å². The van der Waals surface area contributed by atoms with Gasteiger partial charge in [-0.1, -0.05) is 42.4 Å². The molecule has 6 nitrogen and oxygen atoms in total. The van der Waals surface area contributed by atoms with Crippen LogP contribution in [0.15, 0.2) is 188 Å². The van der Waals surface area contributed by atoms with Crippen LogP contribution in [0.3, 0.4) is 0 Å². The number of nitrogens with zero attached hydrogens (tertiary/aromatic N) is 5. The van der Waals surface area contributed by atoms with Crippen molar-refractivity contribution in [2.24, 2.45) is 0 Å². The Balaban J connectivity index is 0.990. The monoisotopic (exact) mass is 1070 g/mol. The summed E-state index contributed by atoms with van der Waals surface area (Å²) in [5.41, 5.74) is 12.8. The predicted molar refractivity (Wildman–Crippen MR) is 276 cm³/mol. The van der Waals surface area contributed by atoms with E-state index in [1.54, 1.807) is 36.4 Å². The first-order valence-corrected chi connectivity index (χ1v) is 23.6. The molecular formula is C60H46BN5OPt. The van der Waals surface area contributed by atoms with Gasteiger partial charge in [0.15, 0.2) is 0 Å². The molecule has 2 aromatic heterocycles. The normalized spacial score (nSPS) is 15.6. The fraction of sp³-hybridized carbons (Fsp3) is 0.100. The molecule has 0 aliphatic carbocycles. The van der Waals surface area contributed by atoms with Crippen LogP contribution in [0.4, 0.5) is 22.9 Å². The number of imidazole rings is 1. The molecule has 8 aromatic carbocycles. The number of anilines is 4. The maximum absolute atomic E-state index is 9.23. The van der Waals surface area contributed by atoms with E-state index in [0.717, 1.165) is 76.3 Å². The number of hydrogen-bond acceptors (Lipinski definition) is 4. The summed E-state index contributed by atoms with van der Waals surface area (Å²) in [5.74, 6) is 0.732. The van der Waals surface area contributed by atoms with Gasteiger partial charge in [-0.05, 0) is 17.7 Å². The van der Waals surface area contributed by atoms with Crippen LogP contribution in [0.5, 0.6) is 11.6 Å². The third-order valence-electron chi connectivity index (χ3n) is 13.4. The standard InChI is InChI=1S/C60H46BN5O.Pt/c1-38-34-48(40-16-7-6-8-17-40)58(49(35-38)41-27-29-42(30-28-41)60(3,4)5)64-37-63(51-22-11-12-23-52(51)64)43-31-26-39(2)55(36-43)67-56-33-32-47-46-20-15-19-45-44-18-9-10-21-50(44)65-53-24-13-14-25-54(53)66(59(47)62-56)61(65)57(45)46;/h6-36H,1-5H3;/i1D3,2D3,9D,10D,18D,21D;. The Morgan fingerprint density at radius 1 is 0.588 bits per heavy atom. The van der Waals surface area contributed by atoms with Gasteiger partial charge < -0.3 is 0 Å². The molecule has 0 bridgehead atoms. The van der Waals surface area contributed by atoms with Gasteiger partial charge in [-0.15, -0.1) is 0 Å². The van der Waals surface area contributed by atoms with Gasteiger partial charge in [0.25, 0.3) is 0 Å². The van der Waals surface area contributed by atoms with Gasteiger partial charge >= 0.3 is 347 Å². The summed E-state index contributed by atoms with van der Waals surface area (Å²) in [6.45, 7) is 0.895. The zero-order valence-electron chi connectivity index (χ0n) is 47.1. The van der Waals surface area contributed by atoms with Crippen molar-refractivity contribution in [3.8, 4) is 67.5 Å². The van der Waals surface area contributed by atoms with E-state index in [2.05, 4.69) is 73.8 Å². The minimum absolute atomic E-state index is 0.0244. The van der Waals surface area contributed by atoms with E-state index >= 15 is 0 Å². The van der Waals surface area contributed by atoms with Crippen LogP contribution >= 0.6 is 0 Å². The molecule has 0 fully saturated rings. The van der Waals surface area contributed by atoms with Crippen LogP contribution in [-0.4, -0.2) is 21.1 Å². The quantitative estimate of drug-likeness (QED) is 0.156. The number of fused-ring (bicyclic) bond motifs is 10. The number of para-hydroxylation sites is 5. The minimum atomic E-state index is -2.60. The van der Waals surface area contributed by atoms with Crippen molar-refractivity contribution in [3.63, 3.8) is 0 Å². The second kappa shape index (κ2) is 15.3. The number of rotatable bonds is 6. The van der Waals surface area contributed by atoms with Crippen LogP contribution in [0.2, 0.25) is 0 Å². The second-order valence-electron chi connectivity index (χ2n) is 18.4.